The molecule has 0 amide bonds. The van der Waals surface area contributed by atoms with Crippen LogP contribution >= 0.6 is 11.6 Å². The number of halogens is 1. The SMILES string of the molecule is N#Cc1ccc(NCc2cnn(CCO)c2)cc1Cl. The van der Waals surface area contributed by atoms with E-state index in [9.17, 15) is 0 Å². The van der Waals surface area contributed by atoms with Crippen molar-refractivity contribution in [3.63, 3.8) is 0 Å². The van der Waals surface area contributed by atoms with E-state index in [1.807, 2.05) is 18.3 Å². The maximum absolute atomic E-state index is 8.80. The molecule has 5 nitrogen and oxygen atoms in total. The van der Waals surface area contributed by atoms with Crippen LogP contribution in [-0.4, -0.2) is 21.5 Å². The van der Waals surface area contributed by atoms with Gasteiger partial charge in [-0.05, 0) is 18.2 Å². The standard InChI is InChI=1S/C13H13ClN4O/c14-13-5-12(2-1-11(13)6-15)16-7-10-8-17-18(9-10)3-4-19/h1-2,5,8-9,16,19H,3-4,7H2. The van der Waals surface area contributed by atoms with Gasteiger partial charge in [-0.15, -0.1) is 0 Å². The van der Waals surface area contributed by atoms with Gasteiger partial charge < -0.3 is 10.4 Å². The molecule has 0 saturated heterocycles. The van der Waals surface area contributed by atoms with Gasteiger partial charge in [0.2, 0.25) is 0 Å². The van der Waals surface area contributed by atoms with Crippen molar-refractivity contribution in [3.8, 4) is 6.07 Å². The lowest BCUT2D eigenvalue weighted by Gasteiger charge is -2.05. The van der Waals surface area contributed by atoms with Crippen molar-refractivity contribution in [2.45, 2.75) is 13.1 Å². The molecule has 6 heteroatoms. The number of aromatic nitrogens is 2. The lowest BCUT2D eigenvalue weighted by molar-refractivity contribution is 0.269. The van der Waals surface area contributed by atoms with Gasteiger partial charge in [-0.2, -0.15) is 10.4 Å². The minimum absolute atomic E-state index is 0.0692. The van der Waals surface area contributed by atoms with Gasteiger partial charge in [-0.3, -0.25) is 4.68 Å². The summed E-state index contributed by atoms with van der Waals surface area (Å²) in [7, 11) is 0. The molecule has 0 atom stereocenters. The quantitative estimate of drug-likeness (QED) is 0.876. The number of aliphatic hydroxyl groups excluding tert-OH is 1. The fraction of sp³-hybridized carbons (Fsp3) is 0.231. The summed E-state index contributed by atoms with van der Waals surface area (Å²) < 4.78 is 1.68. The van der Waals surface area contributed by atoms with E-state index in [4.69, 9.17) is 22.0 Å². The summed E-state index contributed by atoms with van der Waals surface area (Å²) in [4.78, 5) is 0. The summed E-state index contributed by atoms with van der Waals surface area (Å²) in [6, 6.07) is 7.23. The van der Waals surface area contributed by atoms with Crippen LogP contribution in [0.4, 0.5) is 5.69 Å². The van der Waals surface area contributed by atoms with Crippen LogP contribution in [0.5, 0.6) is 0 Å². The molecule has 0 radical (unpaired) electrons. The van der Waals surface area contributed by atoms with Crippen molar-refractivity contribution in [2.24, 2.45) is 0 Å². The Hall–Kier alpha value is -2.03. The molecular formula is C13H13ClN4O. The molecule has 1 heterocycles. The second-order valence-corrected chi connectivity index (χ2v) is 4.40. The van der Waals surface area contributed by atoms with E-state index in [2.05, 4.69) is 10.4 Å². The zero-order chi connectivity index (χ0) is 13.7. The van der Waals surface area contributed by atoms with Crippen molar-refractivity contribution in [1.29, 1.82) is 5.26 Å². The van der Waals surface area contributed by atoms with Crippen molar-refractivity contribution in [1.82, 2.24) is 9.78 Å². The van der Waals surface area contributed by atoms with Gasteiger partial charge in [0.15, 0.2) is 0 Å². The Balaban J connectivity index is 1.98. The fourth-order valence-electron chi connectivity index (χ4n) is 1.64. The van der Waals surface area contributed by atoms with Crippen LogP contribution in [0.25, 0.3) is 0 Å². The van der Waals surface area contributed by atoms with Gasteiger partial charge in [0.25, 0.3) is 0 Å². The first-order chi connectivity index (χ1) is 9.22. The Morgan fingerprint density at radius 3 is 3.00 bits per heavy atom. The van der Waals surface area contributed by atoms with Gasteiger partial charge in [0, 0.05) is 24.0 Å². The Kier molecular flexibility index (Phi) is 4.39. The number of nitrogens with zero attached hydrogens (tertiary/aromatic N) is 3. The number of anilines is 1. The maximum Gasteiger partial charge on any atom is 0.101 e. The average Bonchev–Trinajstić information content (AvgIpc) is 2.85. The van der Waals surface area contributed by atoms with E-state index >= 15 is 0 Å². The lowest BCUT2D eigenvalue weighted by atomic mass is 10.2. The van der Waals surface area contributed by atoms with E-state index in [-0.39, 0.29) is 6.61 Å². The third-order valence-corrected chi connectivity index (χ3v) is 2.91. The summed E-state index contributed by atoms with van der Waals surface area (Å²) in [5.74, 6) is 0. The van der Waals surface area contributed by atoms with Crippen molar-refractivity contribution in [3.05, 3.63) is 46.7 Å². The van der Waals surface area contributed by atoms with E-state index in [1.165, 1.54) is 0 Å². The molecule has 0 bridgehead atoms. The highest BCUT2D eigenvalue weighted by atomic mass is 35.5. The number of nitriles is 1. The monoisotopic (exact) mass is 276 g/mol. The predicted octanol–water partition coefficient (Wildman–Crippen LogP) is 2.01. The van der Waals surface area contributed by atoms with Gasteiger partial charge in [0.05, 0.1) is 29.9 Å². The first kappa shape index (κ1) is 13.4. The van der Waals surface area contributed by atoms with Crippen molar-refractivity contribution >= 4 is 17.3 Å². The zero-order valence-corrected chi connectivity index (χ0v) is 10.9. The van der Waals surface area contributed by atoms with Crippen LogP contribution in [-0.2, 0) is 13.1 Å². The van der Waals surface area contributed by atoms with Crippen LogP contribution in [0.15, 0.2) is 30.6 Å². The molecule has 0 unspecified atom stereocenters. The highest BCUT2D eigenvalue weighted by Crippen LogP contribution is 2.20. The molecule has 0 fully saturated rings. The largest absolute Gasteiger partial charge is 0.394 e. The molecule has 0 aliphatic heterocycles. The third kappa shape index (κ3) is 3.47. The molecule has 0 saturated carbocycles. The second kappa shape index (κ2) is 6.23. The summed E-state index contributed by atoms with van der Waals surface area (Å²) >= 11 is 5.95. The molecule has 0 aliphatic rings. The predicted molar refractivity (Wildman–Crippen MR) is 72.8 cm³/mol. The topological polar surface area (TPSA) is 73.9 Å². The minimum Gasteiger partial charge on any atom is -0.394 e. The van der Waals surface area contributed by atoms with E-state index in [1.54, 1.807) is 23.0 Å². The molecular weight excluding hydrogens is 264 g/mol. The molecule has 2 rings (SSSR count). The number of aliphatic hydroxyl groups is 1. The minimum atomic E-state index is 0.0692. The average molecular weight is 277 g/mol. The Labute approximate surface area is 116 Å². The Morgan fingerprint density at radius 1 is 1.47 bits per heavy atom. The summed E-state index contributed by atoms with van der Waals surface area (Å²) in [5, 5.41) is 25.3. The maximum atomic E-state index is 8.80. The lowest BCUT2D eigenvalue weighted by Crippen LogP contribution is -2.02. The Morgan fingerprint density at radius 2 is 2.32 bits per heavy atom. The van der Waals surface area contributed by atoms with Gasteiger partial charge in [-0.25, -0.2) is 0 Å². The smallest absolute Gasteiger partial charge is 0.101 e. The van der Waals surface area contributed by atoms with Crippen LogP contribution in [0, 0.1) is 11.3 Å². The normalized spacial score (nSPS) is 10.2. The number of nitrogens with one attached hydrogen (secondary N) is 1. The molecule has 98 valence electrons. The van der Waals surface area contributed by atoms with Crippen LogP contribution in [0.2, 0.25) is 5.02 Å². The summed E-state index contributed by atoms with van der Waals surface area (Å²) in [6.45, 7) is 1.16. The van der Waals surface area contributed by atoms with Crippen LogP contribution < -0.4 is 5.32 Å². The molecule has 0 spiro atoms. The zero-order valence-electron chi connectivity index (χ0n) is 10.2. The third-order valence-electron chi connectivity index (χ3n) is 2.60. The van der Waals surface area contributed by atoms with Crippen LogP contribution in [0.3, 0.4) is 0 Å². The number of rotatable bonds is 5. The number of benzene rings is 1. The van der Waals surface area contributed by atoms with Crippen molar-refractivity contribution < 1.29 is 5.11 Å². The number of hydrogen-bond acceptors (Lipinski definition) is 4. The first-order valence-corrected chi connectivity index (χ1v) is 6.16. The summed E-state index contributed by atoms with van der Waals surface area (Å²) in [5.41, 5.74) is 2.32. The van der Waals surface area contributed by atoms with Crippen LogP contribution in [0.1, 0.15) is 11.1 Å². The summed E-state index contributed by atoms with van der Waals surface area (Å²) in [6.07, 6.45) is 3.61. The molecule has 1 aromatic carbocycles. The van der Waals surface area contributed by atoms with Gasteiger partial charge in [-0.1, -0.05) is 11.6 Å². The number of hydrogen-bond donors (Lipinski definition) is 2. The van der Waals surface area contributed by atoms with Crippen molar-refractivity contribution in [2.75, 3.05) is 11.9 Å². The molecule has 2 aromatic rings. The van der Waals surface area contributed by atoms with E-state index in [0.717, 1.165) is 11.3 Å². The van der Waals surface area contributed by atoms with Gasteiger partial charge >= 0.3 is 0 Å². The Bertz CT molecular complexity index is 603. The fourth-order valence-corrected chi connectivity index (χ4v) is 1.87. The first-order valence-electron chi connectivity index (χ1n) is 5.78. The van der Waals surface area contributed by atoms with E-state index < -0.39 is 0 Å². The molecule has 1 aromatic heterocycles. The highest BCUT2D eigenvalue weighted by Gasteiger charge is 2.02. The molecule has 0 aliphatic carbocycles. The second-order valence-electron chi connectivity index (χ2n) is 4.00. The van der Waals surface area contributed by atoms with Gasteiger partial charge in [0.1, 0.15) is 6.07 Å². The molecule has 2 N–H and O–H groups in total. The van der Waals surface area contributed by atoms with E-state index in [0.29, 0.717) is 23.7 Å². The highest BCUT2D eigenvalue weighted by molar-refractivity contribution is 6.32. The molecule has 19 heavy (non-hydrogen) atoms.